The summed E-state index contributed by atoms with van der Waals surface area (Å²) in [5.41, 5.74) is 7.44. The summed E-state index contributed by atoms with van der Waals surface area (Å²) in [4.78, 5) is 0. The number of benzene rings is 1. The molecular weight excluding hydrogens is 226 g/mol. The van der Waals surface area contributed by atoms with E-state index in [9.17, 15) is 0 Å². The Balaban J connectivity index is 1.53. The fraction of sp³-hybridized carbons (Fsp3) is 0.600. The minimum Gasteiger partial charge on any atom is -0.381 e. The first-order valence-corrected chi connectivity index (χ1v) is 6.81. The first-order chi connectivity index (χ1) is 8.86. The summed E-state index contributed by atoms with van der Waals surface area (Å²) in [5, 5.41) is 0. The Morgan fingerprint density at radius 3 is 2.89 bits per heavy atom. The zero-order chi connectivity index (χ0) is 12.6. The van der Waals surface area contributed by atoms with Gasteiger partial charge in [0, 0.05) is 25.2 Å². The fourth-order valence-corrected chi connectivity index (χ4v) is 2.27. The number of ether oxygens (including phenoxy) is 2. The van der Waals surface area contributed by atoms with Crippen molar-refractivity contribution < 1.29 is 9.47 Å². The van der Waals surface area contributed by atoms with E-state index < -0.39 is 0 Å². The molecule has 3 heteroatoms. The highest BCUT2D eigenvalue weighted by Gasteiger charge is 2.22. The van der Waals surface area contributed by atoms with Gasteiger partial charge in [0.05, 0.1) is 13.2 Å². The second kappa shape index (κ2) is 7.52. The number of hydrogen-bond acceptors (Lipinski definition) is 3. The molecule has 2 unspecified atom stereocenters. The molecule has 1 aliphatic heterocycles. The summed E-state index contributed by atoms with van der Waals surface area (Å²) < 4.78 is 11.0. The monoisotopic (exact) mass is 249 g/mol. The van der Waals surface area contributed by atoms with E-state index in [2.05, 4.69) is 24.3 Å². The summed E-state index contributed by atoms with van der Waals surface area (Å²) in [7, 11) is 0. The highest BCUT2D eigenvalue weighted by molar-refractivity contribution is 5.14. The van der Waals surface area contributed by atoms with Crippen LogP contribution < -0.4 is 5.73 Å². The maximum absolute atomic E-state index is 6.07. The van der Waals surface area contributed by atoms with Crippen molar-refractivity contribution in [2.75, 3.05) is 26.4 Å². The molecule has 3 nitrogen and oxygen atoms in total. The predicted octanol–water partition coefficient (Wildman–Crippen LogP) is 2.00. The van der Waals surface area contributed by atoms with E-state index in [4.69, 9.17) is 15.2 Å². The lowest BCUT2D eigenvalue weighted by molar-refractivity contribution is 0.0979. The average Bonchev–Trinajstić information content (AvgIpc) is 2.93. The largest absolute Gasteiger partial charge is 0.381 e. The first kappa shape index (κ1) is 13.5. The molecule has 1 fully saturated rings. The Morgan fingerprint density at radius 2 is 2.17 bits per heavy atom. The Hall–Kier alpha value is -0.900. The van der Waals surface area contributed by atoms with Gasteiger partial charge in [0.2, 0.25) is 0 Å². The van der Waals surface area contributed by atoms with Gasteiger partial charge in [0.15, 0.2) is 0 Å². The Kier molecular flexibility index (Phi) is 5.65. The second-order valence-corrected chi connectivity index (χ2v) is 4.95. The van der Waals surface area contributed by atoms with Crippen molar-refractivity contribution in [3.8, 4) is 0 Å². The van der Waals surface area contributed by atoms with Crippen LogP contribution in [-0.4, -0.2) is 32.5 Å². The van der Waals surface area contributed by atoms with E-state index in [-0.39, 0.29) is 6.04 Å². The molecule has 0 aliphatic carbocycles. The minimum atomic E-state index is 0.129. The molecule has 0 radical (unpaired) electrons. The quantitative estimate of drug-likeness (QED) is 0.752. The van der Waals surface area contributed by atoms with Crippen molar-refractivity contribution in [3.05, 3.63) is 35.9 Å². The predicted molar refractivity (Wildman–Crippen MR) is 72.5 cm³/mol. The van der Waals surface area contributed by atoms with Gasteiger partial charge < -0.3 is 15.2 Å². The molecule has 18 heavy (non-hydrogen) atoms. The van der Waals surface area contributed by atoms with E-state index in [0.29, 0.717) is 12.5 Å². The van der Waals surface area contributed by atoms with E-state index in [1.165, 1.54) is 5.56 Å². The maximum Gasteiger partial charge on any atom is 0.0621 e. The molecule has 1 aromatic rings. The van der Waals surface area contributed by atoms with Crippen LogP contribution in [0.4, 0.5) is 0 Å². The summed E-state index contributed by atoms with van der Waals surface area (Å²) in [6, 6.07) is 10.6. The van der Waals surface area contributed by atoms with Gasteiger partial charge in [-0.25, -0.2) is 0 Å². The van der Waals surface area contributed by atoms with Crippen LogP contribution in [0, 0.1) is 5.92 Å². The Labute approximate surface area is 109 Å². The second-order valence-electron chi connectivity index (χ2n) is 4.95. The summed E-state index contributed by atoms with van der Waals surface area (Å²) in [6.07, 6.45) is 3.20. The van der Waals surface area contributed by atoms with Gasteiger partial charge in [-0.05, 0) is 24.8 Å². The van der Waals surface area contributed by atoms with Crippen molar-refractivity contribution in [1.82, 2.24) is 0 Å². The van der Waals surface area contributed by atoms with Crippen LogP contribution in [0.25, 0.3) is 0 Å². The number of hydrogen-bond donors (Lipinski definition) is 1. The van der Waals surface area contributed by atoms with E-state index in [1.807, 2.05) is 6.07 Å². The molecule has 2 N–H and O–H groups in total. The van der Waals surface area contributed by atoms with Crippen LogP contribution >= 0.6 is 0 Å². The van der Waals surface area contributed by atoms with E-state index >= 15 is 0 Å². The van der Waals surface area contributed by atoms with Gasteiger partial charge in [-0.2, -0.15) is 0 Å². The zero-order valence-corrected chi connectivity index (χ0v) is 10.9. The number of rotatable bonds is 7. The number of nitrogens with two attached hydrogens (primary N) is 1. The molecule has 1 aromatic carbocycles. The lowest BCUT2D eigenvalue weighted by Crippen LogP contribution is -2.35. The highest BCUT2D eigenvalue weighted by atomic mass is 16.5. The molecule has 100 valence electrons. The van der Waals surface area contributed by atoms with Crippen LogP contribution in [0.15, 0.2) is 30.3 Å². The minimum absolute atomic E-state index is 0.129. The lowest BCUT2D eigenvalue weighted by atomic mass is 10.0. The highest BCUT2D eigenvalue weighted by Crippen LogP contribution is 2.15. The van der Waals surface area contributed by atoms with Crippen molar-refractivity contribution in [1.29, 1.82) is 0 Å². The zero-order valence-electron chi connectivity index (χ0n) is 10.9. The molecule has 1 heterocycles. The van der Waals surface area contributed by atoms with Crippen molar-refractivity contribution in [2.45, 2.75) is 25.3 Å². The standard InChI is InChI=1S/C15H23NO2/c16-15(14-8-10-18-11-14)12-17-9-4-7-13-5-2-1-3-6-13/h1-3,5-6,14-15H,4,7-12,16H2. The molecule has 0 saturated carbocycles. The number of aryl methyl sites for hydroxylation is 1. The van der Waals surface area contributed by atoms with Gasteiger partial charge in [-0.3, -0.25) is 0 Å². The van der Waals surface area contributed by atoms with Crippen molar-refractivity contribution in [2.24, 2.45) is 11.7 Å². The average molecular weight is 249 g/mol. The van der Waals surface area contributed by atoms with Crippen LogP contribution in [0.1, 0.15) is 18.4 Å². The Bertz CT molecular complexity index is 323. The summed E-state index contributed by atoms with van der Waals surface area (Å²) in [6.45, 7) is 3.10. The topological polar surface area (TPSA) is 44.5 Å². The van der Waals surface area contributed by atoms with Crippen LogP contribution in [-0.2, 0) is 15.9 Å². The lowest BCUT2D eigenvalue weighted by Gasteiger charge is -2.17. The summed E-state index contributed by atoms with van der Waals surface area (Å²) in [5.74, 6) is 0.485. The molecule has 0 spiro atoms. The van der Waals surface area contributed by atoms with Gasteiger partial charge in [-0.1, -0.05) is 30.3 Å². The van der Waals surface area contributed by atoms with Gasteiger partial charge in [0.25, 0.3) is 0 Å². The van der Waals surface area contributed by atoms with Gasteiger partial charge in [0.1, 0.15) is 0 Å². The normalized spacial score (nSPS) is 21.1. The van der Waals surface area contributed by atoms with Gasteiger partial charge >= 0.3 is 0 Å². The first-order valence-electron chi connectivity index (χ1n) is 6.81. The van der Waals surface area contributed by atoms with Crippen LogP contribution in [0.3, 0.4) is 0 Å². The maximum atomic E-state index is 6.07. The van der Waals surface area contributed by atoms with Crippen molar-refractivity contribution in [3.63, 3.8) is 0 Å². The molecule has 2 atom stereocenters. The third kappa shape index (κ3) is 4.41. The van der Waals surface area contributed by atoms with Crippen LogP contribution in [0.5, 0.6) is 0 Å². The smallest absolute Gasteiger partial charge is 0.0621 e. The molecular formula is C15H23NO2. The molecule has 0 bridgehead atoms. The van der Waals surface area contributed by atoms with Gasteiger partial charge in [-0.15, -0.1) is 0 Å². The third-order valence-corrected chi connectivity index (χ3v) is 3.48. The molecule has 1 saturated heterocycles. The van der Waals surface area contributed by atoms with E-state index in [0.717, 1.165) is 39.1 Å². The molecule has 2 rings (SSSR count). The van der Waals surface area contributed by atoms with E-state index in [1.54, 1.807) is 0 Å². The Morgan fingerprint density at radius 1 is 1.33 bits per heavy atom. The van der Waals surface area contributed by atoms with Crippen molar-refractivity contribution >= 4 is 0 Å². The third-order valence-electron chi connectivity index (χ3n) is 3.48. The molecule has 0 amide bonds. The van der Waals surface area contributed by atoms with Crippen LogP contribution in [0.2, 0.25) is 0 Å². The molecule has 1 aliphatic rings. The SMILES string of the molecule is NC(COCCCc1ccccc1)C1CCOC1. The summed E-state index contributed by atoms with van der Waals surface area (Å²) >= 11 is 0. The molecule has 0 aromatic heterocycles. The fourth-order valence-electron chi connectivity index (χ4n) is 2.27.